The minimum Gasteiger partial charge on any atom is -0.497 e. The Hall–Kier alpha value is -1.59. The first-order chi connectivity index (χ1) is 10.5. The topological polar surface area (TPSA) is 58.6 Å². The SMILES string of the molecule is COc1ccc(C(=O)CCC(=O)N2CCNC(C)C2C)cc1.Cl. The summed E-state index contributed by atoms with van der Waals surface area (Å²) < 4.78 is 5.07. The maximum absolute atomic E-state index is 12.3. The van der Waals surface area contributed by atoms with E-state index in [1.807, 2.05) is 11.8 Å². The molecule has 2 atom stereocenters. The van der Waals surface area contributed by atoms with Crippen LogP contribution in [0, 0.1) is 0 Å². The van der Waals surface area contributed by atoms with E-state index in [1.165, 1.54) is 0 Å². The first-order valence-corrected chi connectivity index (χ1v) is 7.73. The van der Waals surface area contributed by atoms with Crippen molar-refractivity contribution in [2.24, 2.45) is 0 Å². The fraction of sp³-hybridized carbons (Fsp3) is 0.529. The first-order valence-electron chi connectivity index (χ1n) is 7.73. The van der Waals surface area contributed by atoms with Gasteiger partial charge in [0.1, 0.15) is 5.75 Å². The number of ketones is 1. The van der Waals surface area contributed by atoms with Crippen molar-refractivity contribution in [3.8, 4) is 5.75 Å². The summed E-state index contributed by atoms with van der Waals surface area (Å²) in [6, 6.07) is 7.44. The number of piperazine rings is 1. The molecule has 1 heterocycles. The number of amides is 1. The van der Waals surface area contributed by atoms with Crippen LogP contribution in [-0.2, 0) is 4.79 Å². The van der Waals surface area contributed by atoms with Crippen molar-refractivity contribution in [2.45, 2.75) is 38.8 Å². The van der Waals surface area contributed by atoms with E-state index in [-0.39, 0.29) is 49.0 Å². The molecule has 1 N–H and O–H groups in total. The minimum atomic E-state index is -0.00756. The third-order valence-corrected chi connectivity index (χ3v) is 4.33. The highest BCUT2D eigenvalue weighted by Gasteiger charge is 2.27. The summed E-state index contributed by atoms with van der Waals surface area (Å²) in [4.78, 5) is 26.3. The fourth-order valence-electron chi connectivity index (χ4n) is 2.69. The number of carbonyl (C=O) groups is 2. The normalized spacial score (nSPS) is 20.6. The van der Waals surface area contributed by atoms with E-state index in [0.717, 1.165) is 12.3 Å². The van der Waals surface area contributed by atoms with Crippen LogP contribution < -0.4 is 10.1 Å². The van der Waals surface area contributed by atoms with Crippen molar-refractivity contribution in [1.29, 1.82) is 0 Å². The standard InChI is InChI=1S/C17H24N2O3.ClH/c1-12-13(2)19(11-10-18-12)17(21)9-8-16(20)14-4-6-15(22-3)7-5-14;/h4-7,12-13,18H,8-11H2,1-3H3;1H. The van der Waals surface area contributed by atoms with Gasteiger partial charge in [0.2, 0.25) is 5.91 Å². The van der Waals surface area contributed by atoms with Crippen LogP contribution in [0.5, 0.6) is 5.75 Å². The number of methoxy groups -OCH3 is 1. The highest BCUT2D eigenvalue weighted by Crippen LogP contribution is 2.15. The number of hydrogen-bond acceptors (Lipinski definition) is 4. The van der Waals surface area contributed by atoms with Crippen LogP contribution in [0.2, 0.25) is 0 Å². The number of rotatable bonds is 5. The molecule has 1 saturated heterocycles. The van der Waals surface area contributed by atoms with Crippen molar-refractivity contribution in [3.05, 3.63) is 29.8 Å². The Kier molecular flexibility index (Phi) is 7.52. The summed E-state index contributed by atoms with van der Waals surface area (Å²) >= 11 is 0. The van der Waals surface area contributed by atoms with E-state index in [4.69, 9.17) is 4.74 Å². The third kappa shape index (κ3) is 4.94. The lowest BCUT2D eigenvalue weighted by Gasteiger charge is -2.38. The van der Waals surface area contributed by atoms with Gasteiger partial charge in [0.15, 0.2) is 5.78 Å². The predicted molar refractivity (Wildman–Crippen MR) is 92.4 cm³/mol. The van der Waals surface area contributed by atoms with E-state index in [1.54, 1.807) is 31.4 Å². The molecule has 1 amide bonds. The molecular formula is C17H25ClN2O3. The van der Waals surface area contributed by atoms with Crippen LogP contribution >= 0.6 is 12.4 Å². The highest BCUT2D eigenvalue weighted by atomic mass is 35.5. The summed E-state index contributed by atoms with van der Waals surface area (Å²) in [6.07, 6.45) is 0.512. The Morgan fingerprint density at radius 3 is 2.48 bits per heavy atom. The summed E-state index contributed by atoms with van der Waals surface area (Å²) in [7, 11) is 1.59. The summed E-state index contributed by atoms with van der Waals surface area (Å²) in [5.41, 5.74) is 0.621. The van der Waals surface area contributed by atoms with Gasteiger partial charge in [-0.3, -0.25) is 9.59 Å². The zero-order chi connectivity index (χ0) is 16.1. The van der Waals surface area contributed by atoms with Gasteiger partial charge in [0.05, 0.1) is 7.11 Å². The number of nitrogens with one attached hydrogen (secondary N) is 1. The second-order valence-electron chi connectivity index (χ2n) is 5.72. The van der Waals surface area contributed by atoms with Crippen LogP contribution in [0.4, 0.5) is 0 Å². The van der Waals surface area contributed by atoms with Crippen molar-refractivity contribution in [1.82, 2.24) is 10.2 Å². The Morgan fingerprint density at radius 2 is 1.87 bits per heavy atom. The lowest BCUT2D eigenvalue weighted by atomic mass is 10.0. The van der Waals surface area contributed by atoms with Gasteiger partial charge >= 0.3 is 0 Å². The Morgan fingerprint density at radius 1 is 1.22 bits per heavy atom. The minimum absolute atomic E-state index is 0. The Labute approximate surface area is 143 Å². The van der Waals surface area contributed by atoms with E-state index in [2.05, 4.69) is 12.2 Å². The van der Waals surface area contributed by atoms with Crippen molar-refractivity contribution >= 4 is 24.1 Å². The maximum Gasteiger partial charge on any atom is 0.223 e. The largest absolute Gasteiger partial charge is 0.497 e. The molecule has 2 rings (SSSR count). The summed E-state index contributed by atoms with van der Waals surface area (Å²) in [5, 5.41) is 3.35. The van der Waals surface area contributed by atoms with Gasteiger partial charge in [-0.25, -0.2) is 0 Å². The molecule has 0 bridgehead atoms. The Bertz CT molecular complexity index is 533. The monoisotopic (exact) mass is 340 g/mol. The van der Waals surface area contributed by atoms with E-state index in [9.17, 15) is 9.59 Å². The van der Waals surface area contributed by atoms with Gasteiger partial charge in [-0.1, -0.05) is 0 Å². The molecular weight excluding hydrogens is 316 g/mol. The number of halogens is 1. The molecule has 1 aliphatic heterocycles. The number of benzene rings is 1. The predicted octanol–water partition coefficient (Wildman–Crippen LogP) is 2.29. The van der Waals surface area contributed by atoms with Gasteiger partial charge in [-0.2, -0.15) is 0 Å². The molecule has 6 heteroatoms. The average Bonchev–Trinajstić information content (AvgIpc) is 2.55. The summed E-state index contributed by atoms with van der Waals surface area (Å²) in [6.45, 7) is 5.64. The van der Waals surface area contributed by atoms with E-state index >= 15 is 0 Å². The van der Waals surface area contributed by atoms with Crippen LogP contribution in [0.15, 0.2) is 24.3 Å². The number of hydrogen-bond donors (Lipinski definition) is 1. The molecule has 0 saturated carbocycles. The quantitative estimate of drug-likeness (QED) is 0.835. The molecule has 1 aromatic carbocycles. The smallest absolute Gasteiger partial charge is 0.223 e. The van der Waals surface area contributed by atoms with Gasteiger partial charge in [-0.05, 0) is 38.1 Å². The molecule has 5 nitrogen and oxygen atoms in total. The molecule has 1 aromatic rings. The number of Topliss-reactive ketones (excluding diaryl/α,β-unsaturated/α-hetero) is 1. The second kappa shape index (κ2) is 8.89. The number of nitrogens with zero attached hydrogens (tertiary/aromatic N) is 1. The molecule has 0 spiro atoms. The zero-order valence-corrected chi connectivity index (χ0v) is 14.7. The second-order valence-corrected chi connectivity index (χ2v) is 5.72. The van der Waals surface area contributed by atoms with Gasteiger partial charge in [0.25, 0.3) is 0 Å². The van der Waals surface area contributed by atoms with Crippen LogP contribution in [0.1, 0.15) is 37.0 Å². The third-order valence-electron chi connectivity index (χ3n) is 4.33. The van der Waals surface area contributed by atoms with Crippen molar-refractivity contribution in [2.75, 3.05) is 20.2 Å². The molecule has 2 unspecified atom stereocenters. The van der Waals surface area contributed by atoms with Gasteiger partial charge < -0.3 is 15.0 Å². The lowest BCUT2D eigenvalue weighted by molar-refractivity contribution is -0.134. The zero-order valence-electron chi connectivity index (χ0n) is 13.9. The molecule has 23 heavy (non-hydrogen) atoms. The molecule has 128 valence electrons. The van der Waals surface area contributed by atoms with E-state index < -0.39 is 0 Å². The first kappa shape index (κ1) is 19.5. The van der Waals surface area contributed by atoms with Gasteiger partial charge in [-0.15, -0.1) is 12.4 Å². The molecule has 0 aromatic heterocycles. The number of ether oxygens (including phenoxy) is 1. The highest BCUT2D eigenvalue weighted by molar-refractivity contribution is 5.98. The fourth-order valence-corrected chi connectivity index (χ4v) is 2.69. The van der Waals surface area contributed by atoms with Crippen molar-refractivity contribution in [3.63, 3.8) is 0 Å². The molecule has 0 radical (unpaired) electrons. The Balaban J connectivity index is 0.00000264. The van der Waals surface area contributed by atoms with Crippen LogP contribution in [-0.4, -0.2) is 48.9 Å². The molecule has 0 aliphatic carbocycles. The van der Waals surface area contributed by atoms with Crippen LogP contribution in [0.25, 0.3) is 0 Å². The maximum atomic E-state index is 12.3. The molecule has 1 fully saturated rings. The summed E-state index contributed by atoms with van der Waals surface area (Å²) in [5.74, 6) is 0.769. The van der Waals surface area contributed by atoms with Crippen LogP contribution in [0.3, 0.4) is 0 Å². The average molecular weight is 341 g/mol. The van der Waals surface area contributed by atoms with Gasteiger partial charge in [0, 0.05) is 43.6 Å². The van der Waals surface area contributed by atoms with E-state index in [0.29, 0.717) is 12.1 Å². The lowest BCUT2D eigenvalue weighted by Crippen LogP contribution is -2.57. The number of carbonyl (C=O) groups excluding carboxylic acids is 2. The van der Waals surface area contributed by atoms with Crippen molar-refractivity contribution < 1.29 is 14.3 Å². The molecule has 1 aliphatic rings.